The SMILES string of the molecule is Cc1ccc(S(=O)(=O)Nc2ccc3c(c2)[C@@]2(C)c4ccccc4CC[C@@]2(O)O3)cc1. The third-order valence-electron chi connectivity index (χ3n) is 6.45. The van der Waals surface area contributed by atoms with Gasteiger partial charge in [0.05, 0.1) is 10.3 Å². The molecule has 0 bridgehead atoms. The van der Waals surface area contributed by atoms with Gasteiger partial charge >= 0.3 is 0 Å². The normalized spacial score (nSPS) is 24.4. The second-order valence-electron chi connectivity index (χ2n) is 8.30. The Morgan fingerprint density at radius 3 is 2.50 bits per heavy atom. The Balaban J connectivity index is 1.58. The van der Waals surface area contributed by atoms with Crippen LogP contribution in [0.3, 0.4) is 0 Å². The molecule has 0 saturated carbocycles. The zero-order valence-corrected chi connectivity index (χ0v) is 17.7. The minimum atomic E-state index is -3.73. The Kier molecular flexibility index (Phi) is 4.04. The van der Waals surface area contributed by atoms with Crippen molar-refractivity contribution < 1.29 is 18.3 Å². The van der Waals surface area contributed by atoms with E-state index < -0.39 is 21.2 Å². The van der Waals surface area contributed by atoms with E-state index in [2.05, 4.69) is 10.8 Å². The van der Waals surface area contributed by atoms with Crippen LogP contribution in [0.25, 0.3) is 0 Å². The lowest BCUT2D eigenvalue weighted by Crippen LogP contribution is -2.53. The van der Waals surface area contributed by atoms with Gasteiger partial charge in [0.15, 0.2) is 0 Å². The van der Waals surface area contributed by atoms with Crippen LogP contribution in [0.2, 0.25) is 0 Å². The number of rotatable bonds is 3. The first-order valence-electron chi connectivity index (χ1n) is 9.97. The number of anilines is 1. The Hall–Kier alpha value is -2.83. The summed E-state index contributed by atoms with van der Waals surface area (Å²) in [7, 11) is -3.73. The molecule has 2 aliphatic rings. The number of ether oxygens (including phenoxy) is 1. The Morgan fingerprint density at radius 1 is 1.00 bits per heavy atom. The molecule has 0 spiro atoms. The van der Waals surface area contributed by atoms with Crippen LogP contribution in [0.5, 0.6) is 5.75 Å². The van der Waals surface area contributed by atoms with Gasteiger partial charge in [-0.3, -0.25) is 4.72 Å². The van der Waals surface area contributed by atoms with E-state index in [1.165, 1.54) is 5.56 Å². The standard InChI is InChI=1S/C24H23NO4S/c1-16-7-10-19(11-8-16)30(27,28)25-18-9-12-22-21(15-18)23(2)20-6-4-3-5-17(20)13-14-24(23,26)29-22/h3-12,15,25-26H,13-14H2,1-2H3/t23-,24-/m1/s1. The van der Waals surface area contributed by atoms with Gasteiger partial charge in [-0.05, 0) is 61.7 Å². The molecule has 0 fully saturated rings. The van der Waals surface area contributed by atoms with Crippen LogP contribution in [0, 0.1) is 6.92 Å². The predicted molar refractivity (Wildman–Crippen MR) is 115 cm³/mol. The summed E-state index contributed by atoms with van der Waals surface area (Å²) in [6.07, 6.45) is 1.20. The van der Waals surface area contributed by atoms with Crippen molar-refractivity contribution in [3.05, 3.63) is 89.0 Å². The third kappa shape index (κ3) is 2.67. The summed E-state index contributed by atoms with van der Waals surface area (Å²) in [6.45, 7) is 3.88. The van der Waals surface area contributed by atoms with Crippen molar-refractivity contribution in [2.75, 3.05) is 4.72 Å². The van der Waals surface area contributed by atoms with Gasteiger partial charge in [-0.2, -0.15) is 0 Å². The Morgan fingerprint density at radius 2 is 1.73 bits per heavy atom. The zero-order valence-electron chi connectivity index (χ0n) is 16.8. The van der Waals surface area contributed by atoms with Gasteiger partial charge in [-0.15, -0.1) is 0 Å². The molecule has 6 heteroatoms. The smallest absolute Gasteiger partial charge is 0.261 e. The van der Waals surface area contributed by atoms with Gasteiger partial charge < -0.3 is 9.84 Å². The van der Waals surface area contributed by atoms with Crippen LogP contribution < -0.4 is 9.46 Å². The molecule has 154 valence electrons. The monoisotopic (exact) mass is 421 g/mol. The number of hydrogen-bond acceptors (Lipinski definition) is 4. The largest absolute Gasteiger partial charge is 0.461 e. The van der Waals surface area contributed by atoms with Gasteiger partial charge in [-0.25, -0.2) is 8.42 Å². The fraction of sp³-hybridized carbons (Fsp3) is 0.250. The molecule has 3 aromatic carbocycles. The van der Waals surface area contributed by atoms with Gasteiger partial charge in [0.25, 0.3) is 10.0 Å². The van der Waals surface area contributed by atoms with E-state index in [9.17, 15) is 13.5 Å². The molecule has 0 radical (unpaired) electrons. The molecule has 2 atom stereocenters. The van der Waals surface area contributed by atoms with Gasteiger partial charge in [0.2, 0.25) is 5.79 Å². The molecule has 5 nitrogen and oxygen atoms in total. The van der Waals surface area contributed by atoms with Gasteiger partial charge in [-0.1, -0.05) is 42.0 Å². The second-order valence-corrected chi connectivity index (χ2v) is 9.98. The van der Waals surface area contributed by atoms with Crippen molar-refractivity contribution in [3.63, 3.8) is 0 Å². The number of aliphatic hydroxyl groups is 1. The second kappa shape index (κ2) is 6.33. The summed E-state index contributed by atoms with van der Waals surface area (Å²) in [5.74, 6) is -0.784. The lowest BCUT2D eigenvalue weighted by Gasteiger charge is -2.43. The molecule has 0 aromatic heterocycles. The molecule has 1 aliphatic heterocycles. The third-order valence-corrected chi connectivity index (χ3v) is 7.85. The molecular formula is C24H23NO4S. The van der Waals surface area contributed by atoms with Crippen LogP contribution in [0.15, 0.2) is 71.6 Å². The van der Waals surface area contributed by atoms with Crippen molar-refractivity contribution >= 4 is 15.7 Å². The highest BCUT2D eigenvalue weighted by Crippen LogP contribution is 2.57. The van der Waals surface area contributed by atoms with Crippen LogP contribution in [0.1, 0.15) is 35.6 Å². The quantitative estimate of drug-likeness (QED) is 0.667. The summed E-state index contributed by atoms with van der Waals surface area (Å²) < 4.78 is 34.4. The van der Waals surface area contributed by atoms with Crippen LogP contribution in [-0.4, -0.2) is 19.3 Å². The van der Waals surface area contributed by atoms with E-state index in [1.807, 2.05) is 32.0 Å². The fourth-order valence-electron chi connectivity index (χ4n) is 4.69. The molecule has 30 heavy (non-hydrogen) atoms. The first kappa shape index (κ1) is 19.2. The summed E-state index contributed by atoms with van der Waals surface area (Å²) in [5.41, 5.74) is 3.60. The van der Waals surface area contributed by atoms with E-state index in [0.717, 1.165) is 23.1 Å². The summed E-state index contributed by atoms with van der Waals surface area (Å²) in [6, 6.07) is 19.9. The maximum absolute atomic E-state index is 12.8. The highest BCUT2D eigenvalue weighted by atomic mass is 32.2. The minimum absolute atomic E-state index is 0.204. The van der Waals surface area contributed by atoms with E-state index in [-0.39, 0.29) is 4.90 Å². The number of nitrogens with one attached hydrogen (secondary N) is 1. The number of sulfonamides is 1. The van der Waals surface area contributed by atoms with Crippen molar-refractivity contribution in [1.82, 2.24) is 0 Å². The lowest BCUT2D eigenvalue weighted by atomic mass is 9.64. The summed E-state index contributed by atoms with van der Waals surface area (Å²) in [4.78, 5) is 0.204. The average Bonchev–Trinajstić information content (AvgIpc) is 2.96. The van der Waals surface area contributed by atoms with Crippen LogP contribution in [0.4, 0.5) is 5.69 Å². The number of fused-ring (bicyclic) bond motifs is 5. The zero-order chi connectivity index (χ0) is 21.1. The first-order valence-corrected chi connectivity index (χ1v) is 11.5. The molecule has 3 aromatic rings. The van der Waals surface area contributed by atoms with Gasteiger partial charge in [0.1, 0.15) is 5.75 Å². The fourth-order valence-corrected chi connectivity index (χ4v) is 5.74. The number of benzene rings is 3. The van der Waals surface area contributed by atoms with Crippen LogP contribution in [-0.2, 0) is 21.9 Å². The molecule has 1 heterocycles. The topological polar surface area (TPSA) is 75.6 Å². The van der Waals surface area contributed by atoms with E-state index in [1.54, 1.807) is 42.5 Å². The van der Waals surface area contributed by atoms with Crippen molar-refractivity contribution in [3.8, 4) is 5.75 Å². The molecule has 0 amide bonds. The average molecular weight is 422 g/mol. The maximum Gasteiger partial charge on any atom is 0.261 e. The van der Waals surface area contributed by atoms with Crippen molar-refractivity contribution in [2.45, 2.75) is 42.8 Å². The van der Waals surface area contributed by atoms with Crippen molar-refractivity contribution in [2.24, 2.45) is 0 Å². The van der Waals surface area contributed by atoms with Gasteiger partial charge in [0, 0.05) is 17.7 Å². The molecule has 0 unspecified atom stereocenters. The highest BCUT2D eigenvalue weighted by Gasteiger charge is 2.60. The van der Waals surface area contributed by atoms with E-state index in [4.69, 9.17) is 4.74 Å². The molecule has 5 rings (SSSR count). The molecular weight excluding hydrogens is 398 g/mol. The Bertz CT molecular complexity index is 1250. The van der Waals surface area contributed by atoms with Crippen molar-refractivity contribution in [1.29, 1.82) is 0 Å². The Labute approximate surface area is 176 Å². The first-order chi connectivity index (χ1) is 14.2. The number of hydrogen-bond donors (Lipinski definition) is 2. The summed E-state index contributed by atoms with van der Waals surface area (Å²) >= 11 is 0. The maximum atomic E-state index is 12.8. The van der Waals surface area contributed by atoms with E-state index in [0.29, 0.717) is 17.9 Å². The summed E-state index contributed by atoms with van der Waals surface area (Å²) in [5, 5.41) is 11.4. The molecule has 1 aliphatic carbocycles. The van der Waals surface area contributed by atoms with Crippen LogP contribution >= 0.6 is 0 Å². The van der Waals surface area contributed by atoms with E-state index >= 15 is 0 Å². The molecule has 2 N–H and O–H groups in total. The highest BCUT2D eigenvalue weighted by molar-refractivity contribution is 7.92. The lowest BCUT2D eigenvalue weighted by molar-refractivity contribution is -0.167. The molecule has 0 saturated heterocycles. The number of aryl methyl sites for hydroxylation is 2. The minimum Gasteiger partial charge on any atom is -0.461 e. The predicted octanol–water partition coefficient (Wildman–Crippen LogP) is 4.13.